The Balaban J connectivity index is 1.84. The Hall–Kier alpha value is -2.90. The van der Waals surface area contributed by atoms with Crippen molar-refractivity contribution in [3.63, 3.8) is 0 Å². The number of fused-ring (bicyclic) bond motifs is 1. The predicted molar refractivity (Wildman–Crippen MR) is 86.3 cm³/mol. The fourth-order valence-corrected chi connectivity index (χ4v) is 3.65. The van der Waals surface area contributed by atoms with Crippen LogP contribution in [-0.4, -0.2) is 55.0 Å². The van der Waals surface area contributed by atoms with Crippen molar-refractivity contribution in [2.75, 3.05) is 14.2 Å². The molecular weight excluding hydrogens is 342 g/mol. The lowest BCUT2D eigenvalue weighted by Gasteiger charge is -2.38. The van der Waals surface area contributed by atoms with E-state index in [4.69, 9.17) is 14.2 Å². The number of hydrogen-bond acceptors (Lipinski definition) is 7. The standard InChI is InChI=1S/C18H19NO7/c1-24-16(21)13-11-8-12(20)19(11)15(14(13)17(22)25-2)18(23)26-9-10-6-4-3-5-7-10/h3-7,11,13-15H,8-9H2,1-2H3/t11-,13-,14+,15+/m0/s1. The van der Waals surface area contributed by atoms with Crippen molar-refractivity contribution in [2.45, 2.75) is 25.1 Å². The number of amides is 1. The number of carbonyl (C=O) groups is 4. The Morgan fingerprint density at radius 3 is 2.19 bits per heavy atom. The van der Waals surface area contributed by atoms with Crippen LogP contribution >= 0.6 is 0 Å². The van der Waals surface area contributed by atoms with Crippen molar-refractivity contribution in [3.8, 4) is 0 Å². The lowest BCUT2D eigenvalue weighted by molar-refractivity contribution is -0.165. The number of nitrogens with zero attached hydrogens (tertiary/aromatic N) is 1. The smallest absolute Gasteiger partial charge is 0.330 e. The van der Waals surface area contributed by atoms with Crippen molar-refractivity contribution in [1.82, 2.24) is 4.90 Å². The summed E-state index contributed by atoms with van der Waals surface area (Å²) < 4.78 is 14.8. The van der Waals surface area contributed by atoms with Crippen LogP contribution in [-0.2, 0) is 40.0 Å². The molecule has 8 nitrogen and oxygen atoms in total. The van der Waals surface area contributed by atoms with Crippen LogP contribution in [0.15, 0.2) is 30.3 Å². The van der Waals surface area contributed by atoms with Crippen LogP contribution in [0.4, 0.5) is 0 Å². The van der Waals surface area contributed by atoms with Crippen LogP contribution in [0.5, 0.6) is 0 Å². The average molecular weight is 361 g/mol. The molecule has 138 valence electrons. The van der Waals surface area contributed by atoms with E-state index < -0.39 is 41.8 Å². The summed E-state index contributed by atoms with van der Waals surface area (Å²) in [5.41, 5.74) is 0.768. The molecule has 8 heteroatoms. The van der Waals surface area contributed by atoms with Gasteiger partial charge in [-0.15, -0.1) is 0 Å². The van der Waals surface area contributed by atoms with Gasteiger partial charge in [0.15, 0.2) is 0 Å². The molecule has 2 saturated heterocycles. The number of rotatable bonds is 5. The number of hydrogen-bond donors (Lipinski definition) is 0. The first-order valence-corrected chi connectivity index (χ1v) is 8.17. The van der Waals surface area contributed by atoms with Gasteiger partial charge < -0.3 is 19.1 Å². The minimum Gasteiger partial charge on any atom is -0.469 e. The zero-order chi connectivity index (χ0) is 18.8. The molecular formula is C18H19NO7. The third kappa shape index (κ3) is 2.91. The van der Waals surface area contributed by atoms with Crippen LogP contribution in [0, 0.1) is 11.8 Å². The Bertz CT molecular complexity index is 732. The molecule has 2 aliphatic rings. The summed E-state index contributed by atoms with van der Waals surface area (Å²) in [6.45, 7) is -0.000343. The van der Waals surface area contributed by atoms with Gasteiger partial charge in [-0.1, -0.05) is 30.3 Å². The van der Waals surface area contributed by atoms with E-state index >= 15 is 0 Å². The minimum absolute atomic E-state index is 0.000343. The lowest BCUT2D eigenvalue weighted by atomic mass is 9.85. The number of β-lactam (4-membered cyclic amide) rings is 1. The van der Waals surface area contributed by atoms with Gasteiger partial charge in [0.2, 0.25) is 5.91 Å². The zero-order valence-electron chi connectivity index (χ0n) is 14.4. The summed E-state index contributed by atoms with van der Waals surface area (Å²) in [7, 11) is 2.36. The van der Waals surface area contributed by atoms with Crippen LogP contribution in [0.1, 0.15) is 12.0 Å². The molecule has 0 aliphatic carbocycles. The molecule has 1 aromatic rings. The van der Waals surface area contributed by atoms with Crippen LogP contribution in [0.3, 0.4) is 0 Å². The molecule has 2 aliphatic heterocycles. The molecule has 2 fully saturated rings. The molecule has 26 heavy (non-hydrogen) atoms. The van der Waals surface area contributed by atoms with Gasteiger partial charge in [-0.05, 0) is 5.56 Å². The Morgan fingerprint density at radius 1 is 1.00 bits per heavy atom. The normalized spacial score (nSPS) is 26.5. The molecule has 0 N–H and O–H groups in total. The fourth-order valence-electron chi connectivity index (χ4n) is 3.65. The quantitative estimate of drug-likeness (QED) is 0.422. The SMILES string of the molecule is COC(=O)[C@@H]1[C@@H](C(=O)OC)[C@H](C(=O)OCc2ccccc2)N2C(=O)C[C@@H]12. The molecule has 1 amide bonds. The first-order chi connectivity index (χ1) is 12.5. The maximum absolute atomic E-state index is 12.7. The van der Waals surface area contributed by atoms with E-state index in [0.29, 0.717) is 0 Å². The average Bonchev–Trinajstić information content (AvgIpc) is 2.94. The molecule has 0 bridgehead atoms. The molecule has 1 aromatic carbocycles. The largest absolute Gasteiger partial charge is 0.469 e. The molecule has 0 aromatic heterocycles. The summed E-state index contributed by atoms with van der Waals surface area (Å²) in [4.78, 5) is 50.4. The van der Waals surface area contributed by atoms with Crippen molar-refractivity contribution < 1.29 is 33.4 Å². The highest BCUT2D eigenvalue weighted by molar-refractivity contribution is 5.98. The fraction of sp³-hybridized carbons (Fsp3) is 0.444. The van der Waals surface area contributed by atoms with Crippen molar-refractivity contribution in [1.29, 1.82) is 0 Å². The van der Waals surface area contributed by atoms with Gasteiger partial charge in [-0.25, -0.2) is 4.79 Å². The highest BCUT2D eigenvalue weighted by atomic mass is 16.5. The van der Waals surface area contributed by atoms with E-state index in [-0.39, 0.29) is 18.9 Å². The molecule has 0 radical (unpaired) electrons. The van der Waals surface area contributed by atoms with Gasteiger partial charge in [0.05, 0.1) is 26.2 Å². The van der Waals surface area contributed by atoms with Gasteiger partial charge >= 0.3 is 17.9 Å². The lowest BCUT2D eigenvalue weighted by Crippen LogP contribution is -2.56. The maximum atomic E-state index is 12.7. The summed E-state index contributed by atoms with van der Waals surface area (Å²) in [5.74, 6) is -4.54. The summed E-state index contributed by atoms with van der Waals surface area (Å²) in [6.07, 6.45) is 0.0791. The number of esters is 3. The predicted octanol–water partition coefficient (Wildman–Crippen LogP) is 0.291. The van der Waals surface area contributed by atoms with Gasteiger partial charge in [0.1, 0.15) is 18.6 Å². The minimum atomic E-state index is -1.19. The third-order valence-electron chi connectivity index (χ3n) is 4.88. The van der Waals surface area contributed by atoms with E-state index in [2.05, 4.69) is 0 Å². The number of ether oxygens (including phenoxy) is 3. The number of methoxy groups -OCH3 is 2. The Morgan fingerprint density at radius 2 is 1.62 bits per heavy atom. The Labute approximate surface area is 150 Å². The van der Waals surface area contributed by atoms with Crippen LogP contribution in [0.2, 0.25) is 0 Å². The van der Waals surface area contributed by atoms with Gasteiger partial charge in [-0.3, -0.25) is 14.4 Å². The number of carbonyl (C=O) groups excluding carboxylic acids is 4. The second kappa shape index (κ2) is 7.15. The monoisotopic (exact) mass is 361 g/mol. The van der Waals surface area contributed by atoms with Gasteiger partial charge in [0, 0.05) is 6.42 Å². The molecule has 3 rings (SSSR count). The van der Waals surface area contributed by atoms with Crippen molar-refractivity contribution in [2.24, 2.45) is 11.8 Å². The van der Waals surface area contributed by atoms with Crippen molar-refractivity contribution >= 4 is 23.8 Å². The molecule has 0 saturated carbocycles. The second-order valence-electron chi connectivity index (χ2n) is 6.21. The van der Waals surface area contributed by atoms with E-state index in [1.807, 2.05) is 6.07 Å². The molecule has 0 unspecified atom stereocenters. The van der Waals surface area contributed by atoms with E-state index in [1.54, 1.807) is 24.3 Å². The highest BCUT2D eigenvalue weighted by Gasteiger charge is 2.65. The summed E-state index contributed by atoms with van der Waals surface area (Å²) >= 11 is 0. The van der Waals surface area contributed by atoms with Crippen LogP contribution in [0.25, 0.3) is 0 Å². The highest BCUT2D eigenvalue weighted by Crippen LogP contribution is 2.45. The van der Waals surface area contributed by atoms with E-state index in [9.17, 15) is 19.2 Å². The van der Waals surface area contributed by atoms with Gasteiger partial charge in [0.25, 0.3) is 0 Å². The van der Waals surface area contributed by atoms with Crippen LogP contribution < -0.4 is 0 Å². The summed E-state index contributed by atoms with van der Waals surface area (Å²) in [5, 5.41) is 0. The summed E-state index contributed by atoms with van der Waals surface area (Å²) in [6, 6.07) is 7.26. The second-order valence-corrected chi connectivity index (χ2v) is 6.21. The van der Waals surface area contributed by atoms with E-state index in [0.717, 1.165) is 5.56 Å². The molecule has 4 atom stereocenters. The first kappa shape index (κ1) is 17.9. The maximum Gasteiger partial charge on any atom is 0.330 e. The third-order valence-corrected chi connectivity index (χ3v) is 4.88. The zero-order valence-corrected chi connectivity index (χ0v) is 14.4. The van der Waals surface area contributed by atoms with Gasteiger partial charge in [-0.2, -0.15) is 0 Å². The first-order valence-electron chi connectivity index (χ1n) is 8.17. The van der Waals surface area contributed by atoms with Crippen molar-refractivity contribution in [3.05, 3.63) is 35.9 Å². The molecule has 0 spiro atoms. The van der Waals surface area contributed by atoms with E-state index in [1.165, 1.54) is 19.1 Å². The molecule has 2 heterocycles. The number of benzene rings is 1. The Kier molecular flexibility index (Phi) is 4.92. The topological polar surface area (TPSA) is 99.2 Å².